The molecule has 0 saturated heterocycles. The van der Waals surface area contributed by atoms with Gasteiger partial charge in [0.15, 0.2) is 0 Å². The zero-order valence-electron chi connectivity index (χ0n) is 13.1. The van der Waals surface area contributed by atoms with Crippen LogP contribution in [0.3, 0.4) is 0 Å². The first-order chi connectivity index (χ1) is 10.2. The molecule has 0 aliphatic heterocycles. The van der Waals surface area contributed by atoms with Gasteiger partial charge in [0, 0.05) is 18.7 Å². The molecule has 0 amide bonds. The van der Waals surface area contributed by atoms with Gasteiger partial charge >= 0.3 is 0 Å². The van der Waals surface area contributed by atoms with Crippen molar-refractivity contribution in [1.82, 2.24) is 9.97 Å². The monoisotopic (exact) mass is 284 g/mol. The molecule has 1 aromatic carbocycles. The van der Waals surface area contributed by atoms with E-state index >= 15 is 0 Å². The number of nitrogens with one attached hydrogen (secondary N) is 2. The van der Waals surface area contributed by atoms with Gasteiger partial charge in [0.1, 0.15) is 17.5 Å². The summed E-state index contributed by atoms with van der Waals surface area (Å²) >= 11 is 0. The van der Waals surface area contributed by atoms with Crippen molar-refractivity contribution in [2.75, 3.05) is 17.2 Å². The summed E-state index contributed by atoms with van der Waals surface area (Å²) in [6.07, 6.45) is 2.32. The molecule has 112 valence electrons. The molecule has 0 fully saturated rings. The average molecular weight is 284 g/mol. The highest BCUT2D eigenvalue weighted by Gasteiger charge is 2.07. The molecule has 1 heterocycles. The molecule has 0 radical (unpaired) electrons. The Bertz CT molecular complexity index is 554. The van der Waals surface area contributed by atoms with Crippen LogP contribution in [0.5, 0.6) is 0 Å². The highest BCUT2D eigenvalue weighted by molar-refractivity contribution is 5.48. The Kier molecular flexibility index (Phi) is 5.55. The van der Waals surface area contributed by atoms with Gasteiger partial charge in [0.25, 0.3) is 0 Å². The Balaban J connectivity index is 2.05. The molecule has 1 atom stereocenters. The maximum atomic E-state index is 4.47. The maximum absolute atomic E-state index is 4.47. The standard InChI is InChI=1S/C17H24N4/c1-4-5-11-18-16-12-17(21-14(3)20-16)19-13(2)15-9-7-6-8-10-15/h6-10,12-13H,4-5,11H2,1-3H3,(H2,18,19,20,21). The molecule has 0 aliphatic carbocycles. The fourth-order valence-corrected chi connectivity index (χ4v) is 2.17. The lowest BCUT2D eigenvalue weighted by Gasteiger charge is -2.16. The smallest absolute Gasteiger partial charge is 0.132 e. The Morgan fingerprint density at radius 2 is 1.81 bits per heavy atom. The molecule has 0 bridgehead atoms. The van der Waals surface area contributed by atoms with E-state index in [1.54, 1.807) is 0 Å². The number of anilines is 2. The van der Waals surface area contributed by atoms with Gasteiger partial charge in [-0.3, -0.25) is 0 Å². The van der Waals surface area contributed by atoms with Crippen LogP contribution in [0.4, 0.5) is 11.6 Å². The summed E-state index contributed by atoms with van der Waals surface area (Å²) in [7, 11) is 0. The number of aromatic nitrogens is 2. The number of hydrogen-bond donors (Lipinski definition) is 2. The quantitative estimate of drug-likeness (QED) is 0.749. The molecule has 0 spiro atoms. The van der Waals surface area contributed by atoms with Crippen LogP contribution >= 0.6 is 0 Å². The molecule has 2 N–H and O–H groups in total. The Hall–Kier alpha value is -2.10. The van der Waals surface area contributed by atoms with Gasteiger partial charge in [0.2, 0.25) is 0 Å². The first kappa shape index (κ1) is 15.3. The molecule has 2 rings (SSSR count). The molecule has 1 aromatic heterocycles. The van der Waals surface area contributed by atoms with Crippen LogP contribution < -0.4 is 10.6 Å². The number of nitrogens with zero attached hydrogens (tertiary/aromatic N) is 2. The molecule has 4 nitrogen and oxygen atoms in total. The van der Waals surface area contributed by atoms with Crippen LogP contribution in [0, 0.1) is 6.92 Å². The van der Waals surface area contributed by atoms with Crippen molar-refractivity contribution in [2.24, 2.45) is 0 Å². The topological polar surface area (TPSA) is 49.8 Å². The second-order valence-corrected chi connectivity index (χ2v) is 5.24. The Morgan fingerprint density at radius 1 is 1.10 bits per heavy atom. The number of benzene rings is 1. The lowest BCUT2D eigenvalue weighted by atomic mass is 10.1. The minimum atomic E-state index is 0.212. The molecule has 21 heavy (non-hydrogen) atoms. The fraction of sp³-hybridized carbons (Fsp3) is 0.412. The average Bonchev–Trinajstić information content (AvgIpc) is 2.48. The molecule has 0 saturated carbocycles. The summed E-state index contributed by atoms with van der Waals surface area (Å²) in [4.78, 5) is 8.89. The van der Waals surface area contributed by atoms with E-state index in [2.05, 4.69) is 58.7 Å². The summed E-state index contributed by atoms with van der Waals surface area (Å²) in [6.45, 7) is 7.18. The molecule has 2 aromatic rings. The van der Waals surface area contributed by atoms with Crippen LogP contribution in [0.15, 0.2) is 36.4 Å². The summed E-state index contributed by atoms with van der Waals surface area (Å²) in [5.41, 5.74) is 1.24. The van der Waals surface area contributed by atoms with Crippen molar-refractivity contribution in [1.29, 1.82) is 0 Å². The molecular weight excluding hydrogens is 260 g/mol. The zero-order chi connectivity index (χ0) is 15.1. The predicted octanol–water partition coefficient (Wildman–Crippen LogP) is 4.17. The molecule has 0 aliphatic rings. The van der Waals surface area contributed by atoms with Crippen LogP contribution in [0.25, 0.3) is 0 Å². The van der Waals surface area contributed by atoms with E-state index < -0.39 is 0 Å². The van der Waals surface area contributed by atoms with Gasteiger partial charge in [0.05, 0.1) is 0 Å². The van der Waals surface area contributed by atoms with Crippen LogP contribution in [-0.4, -0.2) is 16.5 Å². The van der Waals surface area contributed by atoms with Gasteiger partial charge in [-0.25, -0.2) is 9.97 Å². The van der Waals surface area contributed by atoms with E-state index in [9.17, 15) is 0 Å². The summed E-state index contributed by atoms with van der Waals surface area (Å²) in [5.74, 6) is 2.52. The summed E-state index contributed by atoms with van der Waals surface area (Å²) in [6, 6.07) is 12.6. The normalized spacial score (nSPS) is 12.0. The van der Waals surface area contributed by atoms with Crippen LogP contribution in [0.2, 0.25) is 0 Å². The largest absolute Gasteiger partial charge is 0.370 e. The third-order valence-corrected chi connectivity index (χ3v) is 3.34. The minimum Gasteiger partial charge on any atom is -0.370 e. The Labute approximate surface area is 127 Å². The molecule has 1 unspecified atom stereocenters. The molecular formula is C17H24N4. The number of unbranched alkanes of at least 4 members (excludes halogenated alkanes) is 1. The van der Waals surface area contributed by atoms with Crippen LogP contribution in [0.1, 0.15) is 44.1 Å². The van der Waals surface area contributed by atoms with Gasteiger partial charge in [-0.15, -0.1) is 0 Å². The van der Waals surface area contributed by atoms with E-state index in [0.29, 0.717) is 0 Å². The number of hydrogen-bond acceptors (Lipinski definition) is 4. The van der Waals surface area contributed by atoms with E-state index in [4.69, 9.17) is 0 Å². The van der Waals surface area contributed by atoms with Crippen molar-refractivity contribution >= 4 is 11.6 Å². The first-order valence-corrected chi connectivity index (χ1v) is 7.60. The second kappa shape index (κ2) is 7.62. The van der Waals surface area contributed by atoms with Gasteiger partial charge in [-0.05, 0) is 25.8 Å². The summed E-state index contributed by atoms with van der Waals surface area (Å²) < 4.78 is 0. The van der Waals surface area contributed by atoms with Crippen molar-refractivity contribution in [2.45, 2.75) is 39.7 Å². The van der Waals surface area contributed by atoms with Gasteiger partial charge < -0.3 is 10.6 Å². The third kappa shape index (κ3) is 4.74. The van der Waals surface area contributed by atoms with Gasteiger partial charge in [-0.1, -0.05) is 43.7 Å². The zero-order valence-corrected chi connectivity index (χ0v) is 13.1. The van der Waals surface area contributed by atoms with E-state index in [-0.39, 0.29) is 6.04 Å². The van der Waals surface area contributed by atoms with Crippen molar-refractivity contribution in [3.63, 3.8) is 0 Å². The second-order valence-electron chi connectivity index (χ2n) is 5.24. The highest BCUT2D eigenvalue weighted by Crippen LogP contribution is 2.19. The van der Waals surface area contributed by atoms with Crippen molar-refractivity contribution < 1.29 is 0 Å². The fourth-order valence-electron chi connectivity index (χ4n) is 2.17. The van der Waals surface area contributed by atoms with Crippen molar-refractivity contribution in [3.8, 4) is 0 Å². The molecule has 4 heteroatoms. The lowest BCUT2D eigenvalue weighted by molar-refractivity contribution is 0.827. The van der Waals surface area contributed by atoms with E-state index in [0.717, 1.165) is 30.4 Å². The minimum absolute atomic E-state index is 0.212. The SMILES string of the molecule is CCCCNc1cc(NC(C)c2ccccc2)nc(C)n1. The van der Waals surface area contributed by atoms with E-state index in [1.165, 1.54) is 12.0 Å². The highest BCUT2D eigenvalue weighted by atomic mass is 15.1. The Morgan fingerprint density at radius 3 is 2.52 bits per heavy atom. The number of aryl methyl sites for hydroxylation is 1. The maximum Gasteiger partial charge on any atom is 0.132 e. The van der Waals surface area contributed by atoms with Crippen molar-refractivity contribution in [3.05, 3.63) is 47.8 Å². The summed E-state index contributed by atoms with van der Waals surface area (Å²) in [5, 5.41) is 6.79. The first-order valence-electron chi connectivity index (χ1n) is 7.60. The lowest BCUT2D eigenvalue weighted by Crippen LogP contribution is -2.10. The predicted molar refractivity (Wildman–Crippen MR) is 88.6 cm³/mol. The van der Waals surface area contributed by atoms with Crippen LogP contribution in [-0.2, 0) is 0 Å². The van der Waals surface area contributed by atoms with Gasteiger partial charge in [-0.2, -0.15) is 0 Å². The third-order valence-electron chi connectivity index (χ3n) is 3.34. The number of rotatable bonds is 7. The van der Waals surface area contributed by atoms with E-state index in [1.807, 2.05) is 19.1 Å².